The van der Waals surface area contributed by atoms with Gasteiger partial charge in [-0.3, -0.25) is 14.5 Å². The first-order valence-electron chi connectivity index (χ1n) is 4.90. The van der Waals surface area contributed by atoms with E-state index in [-0.39, 0.29) is 30.4 Å². The number of amides is 2. The first kappa shape index (κ1) is 9.40. The summed E-state index contributed by atoms with van der Waals surface area (Å²) in [5.74, 6) is -0.400. The number of rotatable bonds is 2. The molecule has 0 spiro atoms. The van der Waals surface area contributed by atoms with E-state index >= 15 is 0 Å². The summed E-state index contributed by atoms with van der Waals surface area (Å²) in [5, 5.41) is 9.10. The van der Waals surface area contributed by atoms with Gasteiger partial charge in [-0.05, 0) is 12.8 Å². The molecule has 0 aromatic carbocycles. The topological polar surface area (TPSA) is 57.6 Å². The van der Waals surface area contributed by atoms with Crippen LogP contribution in [0.15, 0.2) is 12.2 Å². The maximum Gasteiger partial charge on any atom is 0.253 e. The summed E-state index contributed by atoms with van der Waals surface area (Å²) >= 11 is 0. The second kappa shape index (κ2) is 3.53. The van der Waals surface area contributed by atoms with E-state index in [4.69, 9.17) is 5.11 Å². The molecule has 4 heteroatoms. The van der Waals surface area contributed by atoms with Crippen LogP contribution in [0.25, 0.3) is 0 Å². The molecule has 14 heavy (non-hydrogen) atoms. The zero-order chi connectivity index (χ0) is 10.1. The van der Waals surface area contributed by atoms with E-state index in [2.05, 4.69) is 0 Å². The van der Waals surface area contributed by atoms with Gasteiger partial charge in [0.25, 0.3) is 11.8 Å². The van der Waals surface area contributed by atoms with E-state index in [9.17, 15) is 9.59 Å². The summed E-state index contributed by atoms with van der Waals surface area (Å²) in [6.07, 6.45) is 5.31. The van der Waals surface area contributed by atoms with Crippen LogP contribution in [0.2, 0.25) is 0 Å². The molecule has 1 fully saturated rings. The fraction of sp³-hybridized carbons (Fsp3) is 0.600. The van der Waals surface area contributed by atoms with Crippen molar-refractivity contribution in [1.29, 1.82) is 0 Å². The summed E-state index contributed by atoms with van der Waals surface area (Å²) in [6, 6.07) is -0.0880. The Labute approximate surface area is 82.2 Å². The molecule has 0 aromatic rings. The fourth-order valence-electron chi connectivity index (χ4n) is 2.31. The Hall–Kier alpha value is -1.16. The zero-order valence-electron chi connectivity index (χ0n) is 7.85. The summed E-state index contributed by atoms with van der Waals surface area (Å²) < 4.78 is 0. The first-order chi connectivity index (χ1) is 6.74. The van der Waals surface area contributed by atoms with Gasteiger partial charge in [-0.1, -0.05) is 6.42 Å². The number of carbonyl (C=O) groups is 2. The minimum atomic E-state index is -0.236. The lowest BCUT2D eigenvalue weighted by Crippen LogP contribution is -2.43. The molecule has 0 saturated heterocycles. The molecule has 76 valence electrons. The van der Waals surface area contributed by atoms with Crippen LogP contribution in [-0.2, 0) is 9.59 Å². The Balaban J connectivity index is 2.14. The number of imide groups is 1. The average molecular weight is 195 g/mol. The van der Waals surface area contributed by atoms with Crippen molar-refractivity contribution < 1.29 is 14.7 Å². The summed E-state index contributed by atoms with van der Waals surface area (Å²) in [6.45, 7) is 0.0573. The molecular weight excluding hydrogens is 182 g/mol. The van der Waals surface area contributed by atoms with Crippen molar-refractivity contribution >= 4 is 11.8 Å². The quantitative estimate of drug-likeness (QED) is 0.634. The lowest BCUT2D eigenvalue weighted by Gasteiger charge is -2.26. The van der Waals surface area contributed by atoms with Crippen LogP contribution >= 0.6 is 0 Å². The van der Waals surface area contributed by atoms with Crippen molar-refractivity contribution in [3.8, 4) is 0 Å². The van der Waals surface area contributed by atoms with E-state index < -0.39 is 0 Å². The first-order valence-corrected chi connectivity index (χ1v) is 4.90. The van der Waals surface area contributed by atoms with Gasteiger partial charge in [0.2, 0.25) is 0 Å². The molecule has 1 aliphatic heterocycles. The van der Waals surface area contributed by atoms with Crippen LogP contribution in [0.4, 0.5) is 0 Å². The van der Waals surface area contributed by atoms with Gasteiger partial charge in [-0.2, -0.15) is 0 Å². The molecule has 0 unspecified atom stereocenters. The Morgan fingerprint density at radius 2 is 1.93 bits per heavy atom. The summed E-state index contributed by atoms with van der Waals surface area (Å²) in [5.41, 5.74) is 0. The maximum absolute atomic E-state index is 11.4. The standard InChI is InChI=1S/C10H13NO3/c12-6-7-2-1-3-8(7)11-9(13)4-5-10(11)14/h4-5,7-8,12H,1-3,6H2/t7-,8-/m0/s1. The van der Waals surface area contributed by atoms with Crippen LogP contribution in [-0.4, -0.2) is 34.5 Å². The van der Waals surface area contributed by atoms with Crippen molar-refractivity contribution in [2.45, 2.75) is 25.3 Å². The third-order valence-corrected chi connectivity index (χ3v) is 3.03. The van der Waals surface area contributed by atoms with Gasteiger partial charge < -0.3 is 5.11 Å². The molecule has 2 aliphatic rings. The highest BCUT2D eigenvalue weighted by Crippen LogP contribution is 2.31. The SMILES string of the molecule is O=C1C=CC(=O)N1[C@H]1CCC[C@H]1CO. The third kappa shape index (κ3) is 1.35. The second-order valence-corrected chi connectivity index (χ2v) is 3.82. The van der Waals surface area contributed by atoms with Crippen LogP contribution in [0, 0.1) is 5.92 Å². The van der Waals surface area contributed by atoms with Crippen molar-refractivity contribution in [2.24, 2.45) is 5.92 Å². The molecule has 2 rings (SSSR count). The largest absolute Gasteiger partial charge is 0.396 e. The number of nitrogens with zero attached hydrogens (tertiary/aromatic N) is 1. The van der Waals surface area contributed by atoms with Crippen LogP contribution < -0.4 is 0 Å². The third-order valence-electron chi connectivity index (χ3n) is 3.03. The van der Waals surface area contributed by atoms with Gasteiger partial charge >= 0.3 is 0 Å². The molecule has 1 N–H and O–H groups in total. The van der Waals surface area contributed by atoms with E-state index in [0.29, 0.717) is 0 Å². The summed E-state index contributed by atoms with van der Waals surface area (Å²) in [7, 11) is 0. The number of hydrogen-bond donors (Lipinski definition) is 1. The second-order valence-electron chi connectivity index (χ2n) is 3.82. The van der Waals surface area contributed by atoms with Crippen molar-refractivity contribution in [2.75, 3.05) is 6.61 Å². The molecule has 0 radical (unpaired) electrons. The smallest absolute Gasteiger partial charge is 0.253 e. The Morgan fingerprint density at radius 1 is 1.29 bits per heavy atom. The van der Waals surface area contributed by atoms with E-state index in [1.165, 1.54) is 17.1 Å². The minimum absolute atomic E-state index is 0.0573. The highest BCUT2D eigenvalue weighted by molar-refractivity contribution is 6.13. The highest BCUT2D eigenvalue weighted by Gasteiger charge is 2.38. The van der Waals surface area contributed by atoms with E-state index in [0.717, 1.165) is 19.3 Å². The predicted octanol–water partition coefficient (Wildman–Crippen LogP) is 0.0724. The molecule has 1 aliphatic carbocycles. The van der Waals surface area contributed by atoms with E-state index in [1.807, 2.05) is 0 Å². The molecular formula is C10H13NO3. The normalized spacial score (nSPS) is 31.9. The highest BCUT2D eigenvalue weighted by atomic mass is 16.3. The number of aliphatic hydroxyl groups is 1. The van der Waals surface area contributed by atoms with Gasteiger partial charge in [0.05, 0.1) is 0 Å². The average Bonchev–Trinajstić information content (AvgIpc) is 2.73. The van der Waals surface area contributed by atoms with Crippen LogP contribution in [0.3, 0.4) is 0 Å². The molecule has 1 saturated carbocycles. The zero-order valence-corrected chi connectivity index (χ0v) is 7.85. The molecule has 0 bridgehead atoms. The number of carbonyl (C=O) groups excluding carboxylic acids is 2. The van der Waals surface area contributed by atoms with Gasteiger partial charge in [0.15, 0.2) is 0 Å². The number of hydrogen-bond acceptors (Lipinski definition) is 3. The van der Waals surface area contributed by atoms with Gasteiger partial charge in [-0.25, -0.2) is 0 Å². The van der Waals surface area contributed by atoms with Crippen molar-refractivity contribution in [3.05, 3.63) is 12.2 Å². The van der Waals surface area contributed by atoms with Gasteiger partial charge in [0.1, 0.15) is 0 Å². The van der Waals surface area contributed by atoms with Crippen LogP contribution in [0.1, 0.15) is 19.3 Å². The molecule has 4 nitrogen and oxygen atoms in total. The molecule has 1 heterocycles. The Bertz CT molecular complexity index is 280. The van der Waals surface area contributed by atoms with Crippen LogP contribution in [0.5, 0.6) is 0 Å². The molecule has 2 atom stereocenters. The monoisotopic (exact) mass is 195 g/mol. The fourth-order valence-corrected chi connectivity index (χ4v) is 2.31. The maximum atomic E-state index is 11.4. The molecule has 0 aromatic heterocycles. The van der Waals surface area contributed by atoms with Crippen molar-refractivity contribution in [3.63, 3.8) is 0 Å². The molecule has 2 amide bonds. The van der Waals surface area contributed by atoms with Crippen molar-refractivity contribution in [1.82, 2.24) is 4.90 Å². The lowest BCUT2D eigenvalue weighted by atomic mass is 10.0. The number of aliphatic hydroxyl groups excluding tert-OH is 1. The predicted molar refractivity (Wildman–Crippen MR) is 49.2 cm³/mol. The Morgan fingerprint density at radius 3 is 2.50 bits per heavy atom. The minimum Gasteiger partial charge on any atom is -0.396 e. The van der Waals surface area contributed by atoms with Gasteiger partial charge in [-0.15, -0.1) is 0 Å². The Kier molecular flexibility index (Phi) is 2.37. The van der Waals surface area contributed by atoms with Gasteiger partial charge in [0, 0.05) is 30.7 Å². The lowest BCUT2D eigenvalue weighted by molar-refractivity contribution is -0.140. The summed E-state index contributed by atoms with van der Waals surface area (Å²) in [4.78, 5) is 24.0. The van der Waals surface area contributed by atoms with E-state index in [1.54, 1.807) is 0 Å².